The van der Waals surface area contributed by atoms with E-state index in [2.05, 4.69) is 9.97 Å². The smallest absolute Gasteiger partial charge is 0.288 e. The molecule has 6 nitrogen and oxygen atoms in total. The molecule has 0 radical (unpaired) electrons. The summed E-state index contributed by atoms with van der Waals surface area (Å²) < 4.78 is 11.3. The number of benzene rings is 3. The first kappa shape index (κ1) is 17.5. The van der Waals surface area contributed by atoms with Crippen molar-refractivity contribution in [2.75, 3.05) is 0 Å². The van der Waals surface area contributed by atoms with Gasteiger partial charge in [0, 0.05) is 22.8 Å². The van der Waals surface area contributed by atoms with Crippen molar-refractivity contribution in [1.82, 2.24) is 9.97 Å². The molecule has 0 aliphatic heterocycles. The monoisotopic (exact) mass is 406 g/mol. The lowest BCUT2D eigenvalue weighted by Crippen LogP contribution is -2.00. The molecule has 1 aliphatic carbocycles. The van der Waals surface area contributed by atoms with E-state index in [1.165, 1.54) is 6.08 Å². The molecule has 0 fully saturated rings. The number of hydrogen-bond acceptors (Lipinski definition) is 6. The van der Waals surface area contributed by atoms with E-state index in [0.717, 1.165) is 21.9 Å². The van der Waals surface area contributed by atoms with Crippen molar-refractivity contribution in [1.29, 1.82) is 0 Å². The Morgan fingerprint density at radius 1 is 0.774 bits per heavy atom. The molecule has 0 atom stereocenters. The van der Waals surface area contributed by atoms with Gasteiger partial charge in [-0.2, -0.15) is 9.97 Å². The zero-order valence-electron chi connectivity index (χ0n) is 16.4. The molecule has 0 spiro atoms. The lowest BCUT2D eigenvalue weighted by atomic mass is 10.0. The van der Waals surface area contributed by atoms with E-state index in [9.17, 15) is 9.59 Å². The van der Waals surface area contributed by atoms with Crippen LogP contribution in [-0.2, 0) is 0 Å². The number of allylic oxidation sites excluding steroid dienone is 1. The number of rotatable bonds is 2. The van der Waals surface area contributed by atoms with Crippen molar-refractivity contribution in [3.63, 3.8) is 0 Å². The number of aryl methyl sites for hydroxylation is 1. The van der Waals surface area contributed by atoms with Crippen LogP contribution in [0.4, 0.5) is 0 Å². The zero-order valence-corrected chi connectivity index (χ0v) is 16.4. The highest BCUT2D eigenvalue weighted by molar-refractivity contribution is 6.41. The highest BCUT2D eigenvalue weighted by Crippen LogP contribution is 2.32. The molecule has 2 heterocycles. The number of oxazole rings is 2. The van der Waals surface area contributed by atoms with Gasteiger partial charge in [-0.15, -0.1) is 0 Å². The molecule has 2 aromatic heterocycles. The second-order valence-electron chi connectivity index (χ2n) is 7.51. The molecule has 0 saturated heterocycles. The second-order valence-corrected chi connectivity index (χ2v) is 7.51. The normalized spacial score (nSPS) is 13.4. The van der Waals surface area contributed by atoms with E-state index in [4.69, 9.17) is 8.83 Å². The van der Waals surface area contributed by atoms with Crippen LogP contribution >= 0.6 is 0 Å². The van der Waals surface area contributed by atoms with Gasteiger partial charge in [-0.1, -0.05) is 42.0 Å². The molecule has 0 bridgehead atoms. The number of nitrogens with zero attached hydrogens (tertiary/aromatic N) is 2. The van der Waals surface area contributed by atoms with Crippen LogP contribution < -0.4 is 0 Å². The van der Waals surface area contributed by atoms with E-state index in [1.54, 1.807) is 12.1 Å². The van der Waals surface area contributed by atoms with Crippen molar-refractivity contribution >= 4 is 39.8 Å². The van der Waals surface area contributed by atoms with Crippen LogP contribution in [0.15, 0.2) is 75.1 Å². The summed E-state index contributed by atoms with van der Waals surface area (Å²) in [6.45, 7) is 2.00. The number of hydrogen-bond donors (Lipinski definition) is 0. The van der Waals surface area contributed by atoms with Gasteiger partial charge >= 0.3 is 0 Å². The van der Waals surface area contributed by atoms with Crippen LogP contribution in [0.3, 0.4) is 0 Å². The fraction of sp³-hybridized carbons (Fsp3) is 0.0400. The maximum Gasteiger partial charge on any atom is 0.288 e. The van der Waals surface area contributed by atoms with Crippen LogP contribution in [0.1, 0.15) is 32.2 Å². The predicted octanol–water partition coefficient (Wildman–Crippen LogP) is 5.41. The Morgan fingerprint density at radius 3 is 2.00 bits per heavy atom. The Kier molecular flexibility index (Phi) is 3.58. The number of ketones is 2. The Bertz CT molecular complexity index is 1480. The summed E-state index contributed by atoms with van der Waals surface area (Å²) in [4.78, 5) is 34.3. The first-order chi connectivity index (χ1) is 15.1. The SMILES string of the molecule is Cc1ccc(-c2nc3oc(C=C4C(=O)c5cc6ccccc6cc5C4=O)nc3o2)cc1. The van der Waals surface area contributed by atoms with E-state index < -0.39 is 0 Å². The predicted molar refractivity (Wildman–Crippen MR) is 115 cm³/mol. The third kappa shape index (κ3) is 2.73. The van der Waals surface area contributed by atoms with E-state index >= 15 is 0 Å². The van der Waals surface area contributed by atoms with E-state index in [0.29, 0.717) is 17.0 Å². The average Bonchev–Trinajstić information content (AvgIpc) is 3.40. The largest absolute Gasteiger partial charge is 0.415 e. The maximum absolute atomic E-state index is 12.9. The van der Waals surface area contributed by atoms with Crippen molar-refractivity contribution in [2.45, 2.75) is 6.92 Å². The van der Waals surface area contributed by atoms with Gasteiger partial charge < -0.3 is 8.83 Å². The average molecular weight is 406 g/mol. The highest BCUT2D eigenvalue weighted by Gasteiger charge is 2.34. The van der Waals surface area contributed by atoms with Crippen molar-refractivity contribution in [2.24, 2.45) is 0 Å². The minimum Gasteiger partial charge on any atom is -0.415 e. The van der Waals surface area contributed by atoms with Gasteiger partial charge in [0.2, 0.25) is 11.8 Å². The molecule has 1 aliphatic rings. The Morgan fingerprint density at radius 2 is 1.39 bits per heavy atom. The molecule has 31 heavy (non-hydrogen) atoms. The topological polar surface area (TPSA) is 86.2 Å². The minimum absolute atomic E-state index is 0.0213. The Labute approximate surface area is 175 Å². The molecule has 0 saturated carbocycles. The van der Waals surface area contributed by atoms with Crippen LogP contribution in [0, 0.1) is 6.92 Å². The molecule has 5 aromatic rings. The number of fused-ring (bicyclic) bond motifs is 3. The fourth-order valence-corrected chi connectivity index (χ4v) is 3.80. The Hall–Kier alpha value is -4.32. The molecular formula is C25H14N2O4. The summed E-state index contributed by atoms with van der Waals surface area (Å²) in [5.74, 6) is -0.180. The van der Waals surface area contributed by atoms with Crippen LogP contribution in [0.2, 0.25) is 0 Å². The van der Waals surface area contributed by atoms with E-state index in [-0.39, 0.29) is 34.5 Å². The number of Topliss-reactive ketones (excluding diaryl/α,β-unsaturated/α-hetero) is 2. The summed E-state index contributed by atoms with van der Waals surface area (Å²) in [5.41, 5.74) is 3.17. The fourth-order valence-electron chi connectivity index (χ4n) is 3.80. The molecule has 0 N–H and O–H groups in total. The van der Waals surface area contributed by atoms with Crippen LogP contribution in [0.5, 0.6) is 0 Å². The Balaban J connectivity index is 1.38. The van der Waals surface area contributed by atoms with Gasteiger partial charge in [-0.25, -0.2) is 0 Å². The summed E-state index contributed by atoms with van der Waals surface area (Å²) in [7, 11) is 0. The van der Waals surface area contributed by atoms with Gasteiger partial charge in [-0.3, -0.25) is 9.59 Å². The minimum atomic E-state index is -0.339. The van der Waals surface area contributed by atoms with Crippen molar-refractivity contribution in [3.8, 4) is 11.5 Å². The number of carbonyl (C=O) groups is 2. The van der Waals surface area contributed by atoms with Crippen molar-refractivity contribution in [3.05, 3.63) is 88.8 Å². The first-order valence-electron chi connectivity index (χ1n) is 9.75. The standard InChI is InChI=1S/C25H14N2O4/c1-13-6-8-14(9-7-13)23-27-25-24(31-23)26-20(30-25)12-19-21(28)17-10-15-4-2-3-5-16(15)11-18(17)22(19)29/h2-12H,1H3. The number of carbonyl (C=O) groups excluding carboxylic acids is 2. The summed E-state index contributed by atoms with van der Waals surface area (Å²) >= 11 is 0. The van der Waals surface area contributed by atoms with Crippen LogP contribution in [-0.4, -0.2) is 21.5 Å². The zero-order chi connectivity index (χ0) is 21.1. The molecular weight excluding hydrogens is 392 g/mol. The summed E-state index contributed by atoms with van der Waals surface area (Å²) in [6.07, 6.45) is 1.36. The van der Waals surface area contributed by atoms with Gasteiger partial charge in [0.25, 0.3) is 11.4 Å². The summed E-state index contributed by atoms with van der Waals surface area (Å²) in [6, 6.07) is 18.8. The van der Waals surface area contributed by atoms with Crippen LogP contribution in [0.25, 0.3) is 39.7 Å². The molecule has 0 unspecified atom stereocenters. The lowest BCUT2D eigenvalue weighted by molar-refractivity contribution is 0.0990. The lowest BCUT2D eigenvalue weighted by Gasteiger charge is -2.00. The summed E-state index contributed by atoms with van der Waals surface area (Å²) in [5, 5.41) is 1.82. The van der Waals surface area contributed by atoms with Crippen molar-refractivity contribution < 1.29 is 18.4 Å². The van der Waals surface area contributed by atoms with Gasteiger partial charge in [0.15, 0.2) is 11.6 Å². The van der Waals surface area contributed by atoms with E-state index in [1.807, 2.05) is 55.5 Å². The quantitative estimate of drug-likeness (QED) is 0.288. The third-order valence-corrected chi connectivity index (χ3v) is 5.42. The number of aromatic nitrogens is 2. The molecule has 6 heteroatoms. The first-order valence-corrected chi connectivity index (χ1v) is 9.75. The highest BCUT2D eigenvalue weighted by atomic mass is 16.4. The second kappa shape index (κ2) is 6.34. The van der Waals surface area contributed by atoms with Gasteiger partial charge in [0.1, 0.15) is 0 Å². The molecule has 148 valence electrons. The van der Waals surface area contributed by atoms with Gasteiger partial charge in [0.05, 0.1) is 5.57 Å². The molecule has 0 amide bonds. The maximum atomic E-state index is 12.9. The third-order valence-electron chi connectivity index (χ3n) is 5.42. The molecule has 6 rings (SSSR count). The molecule has 3 aromatic carbocycles. The van der Waals surface area contributed by atoms with Gasteiger partial charge in [-0.05, 0) is 42.0 Å².